The molecule has 0 spiro atoms. The van der Waals surface area contributed by atoms with Gasteiger partial charge in [0.1, 0.15) is 18.3 Å². The molecule has 2 fully saturated rings. The molecule has 0 amide bonds. The van der Waals surface area contributed by atoms with Gasteiger partial charge in [-0.25, -0.2) is 0 Å². The Balaban J connectivity index is 1.40. The Labute approximate surface area is 199 Å². The first-order valence-electron chi connectivity index (χ1n) is 11.5. The first-order valence-corrected chi connectivity index (χ1v) is 11.5. The largest absolute Gasteiger partial charge is 0.368 e. The van der Waals surface area contributed by atoms with Gasteiger partial charge in [-0.2, -0.15) is 0 Å². The van der Waals surface area contributed by atoms with E-state index in [-0.39, 0.29) is 6.61 Å². The van der Waals surface area contributed by atoms with Gasteiger partial charge in [0.2, 0.25) is 0 Å². The Morgan fingerprint density at radius 1 is 0.706 bits per heavy atom. The van der Waals surface area contributed by atoms with E-state index >= 15 is 0 Å². The number of fused-ring (bicyclic) bond motifs is 2. The second-order valence-electron chi connectivity index (χ2n) is 8.61. The molecule has 2 heterocycles. The first-order chi connectivity index (χ1) is 16.8. The van der Waals surface area contributed by atoms with E-state index in [4.69, 9.17) is 23.7 Å². The molecule has 2 bridgehead atoms. The molecule has 34 heavy (non-hydrogen) atoms. The monoisotopic (exact) mass is 460 g/mol. The fourth-order valence-electron chi connectivity index (χ4n) is 4.43. The van der Waals surface area contributed by atoms with Crippen LogP contribution < -0.4 is 0 Å². The second kappa shape index (κ2) is 10.6. The zero-order chi connectivity index (χ0) is 23.2. The highest BCUT2D eigenvalue weighted by Gasteiger charge is 2.62. The van der Waals surface area contributed by atoms with Gasteiger partial charge in [-0.1, -0.05) is 91.0 Å². The standard InChI is InChI=1S/C28H28O6/c29-19-28-20-33-27(34-28)25(31-17-22-12-6-2-7-13-22)24(30-16-21-10-4-1-5-11-21)26(28)32-18-23-14-8-3-9-15-23/h1-15,19,24-27H,16-18,20H2. The van der Waals surface area contributed by atoms with Crippen LogP contribution in [-0.2, 0) is 48.3 Å². The summed E-state index contributed by atoms with van der Waals surface area (Å²) in [7, 11) is 0. The minimum atomic E-state index is -1.24. The maximum Gasteiger partial charge on any atom is 0.188 e. The third-order valence-corrected chi connectivity index (χ3v) is 6.22. The fraction of sp³-hybridized carbons (Fsp3) is 0.321. The van der Waals surface area contributed by atoms with E-state index < -0.39 is 30.2 Å². The minimum absolute atomic E-state index is 0.0943. The molecule has 5 unspecified atom stereocenters. The topological polar surface area (TPSA) is 63.2 Å². The molecule has 0 aromatic heterocycles. The van der Waals surface area contributed by atoms with Gasteiger partial charge in [-0.3, -0.25) is 4.79 Å². The molecule has 0 saturated carbocycles. The predicted molar refractivity (Wildman–Crippen MR) is 125 cm³/mol. The highest BCUT2D eigenvalue weighted by Crippen LogP contribution is 2.41. The van der Waals surface area contributed by atoms with Crippen LogP contribution in [0.25, 0.3) is 0 Å². The van der Waals surface area contributed by atoms with Crippen molar-refractivity contribution in [2.45, 2.75) is 50.0 Å². The molecular weight excluding hydrogens is 432 g/mol. The van der Waals surface area contributed by atoms with Crippen LogP contribution in [0.2, 0.25) is 0 Å². The lowest BCUT2D eigenvalue weighted by Crippen LogP contribution is -2.63. The lowest BCUT2D eigenvalue weighted by Gasteiger charge is -2.44. The molecule has 0 aliphatic carbocycles. The summed E-state index contributed by atoms with van der Waals surface area (Å²) in [6.07, 6.45) is -1.77. The summed E-state index contributed by atoms with van der Waals surface area (Å²) in [5, 5.41) is 0. The quantitative estimate of drug-likeness (QED) is 0.425. The van der Waals surface area contributed by atoms with E-state index in [1.165, 1.54) is 0 Å². The number of benzene rings is 3. The fourth-order valence-corrected chi connectivity index (χ4v) is 4.43. The zero-order valence-corrected chi connectivity index (χ0v) is 18.8. The predicted octanol–water partition coefficient (Wildman–Crippen LogP) is 4.07. The van der Waals surface area contributed by atoms with Crippen molar-refractivity contribution in [2.24, 2.45) is 0 Å². The summed E-state index contributed by atoms with van der Waals surface area (Å²) in [5.41, 5.74) is 1.79. The molecular formula is C28H28O6. The van der Waals surface area contributed by atoms with Crippen LogP contribution in [0, 0.1) is 0 Å². The van der Waals surface area contributed by atoms with Gasteiger partial charge in [0.15, 0.2) is 18.2 Å². The van der Waals surface area contributed by atoms with Crippen LogP contribution in [0.4, 0.5) is 0 Å². The number of hydrogen-bond acceptors (Lipinski definition) is 6. The molecule has 5 atom stereocenters. The van der Waals surface area contributed by atoms with Crippen molar-refractivity contribution in [3.63, 3.8) is 0 Å². The van der Waals surface area contributed by atoms with Crippen molar-refractivity contribution < 1.29 is 28.5 Å². The van der Waals surface area contributed by atoms with E-state index in [1.807, 2.05) is 91.0 Å². The average molecular weight is 461 g/mol. The third kappa shape index (κ3) is 4.97. The van der Waals surface area contributed by atoms with Crippen LogP contribution in [-0.4, -0.2) is 43.1 Å². The lowest BCUT2D eigenvalue weighted by molar-refractivity contribution is -0.285. The maximum atomic E-state index is 12.3. The van der Waals surface area contributed by atoms with Gasteiger partial charge in [0, 0.05) is 0 Å². The molecule has 176 valence electrons. The van der Waals surface area contributed by atoms with Gasteiger partial charge in [-0.15, -0.1) is 0 Å². The summed E-state index contributed by atoms with van der Waals surface area (Å²) in [5.74, 6) is 0. The maximum absolute atomic E-state index is 12.3. The number of hydrogen-bond donors (Lipinski definition) is 0. The molecule has 0 radical (unpaired) electrons. The average Bonchev–Trinajstić information content (AvgIpc) is 3.29. The normalized spacial score (nSPS) is 28.0. The number of rotatable bonds is 10. The zero-order valence-electron chi connectivity index (χ0n) is 18.8. The van der Waals surface area contributed by atoms with Crippen molar-refractivity contribution in [2.75, 3.05) is 6.61 Å². The van der Waals surface area contributed by atoms with Crippen molar-refractivity contribution in [3.05, 3.63) is 108 Å². The molecule has 2 aliphatic heterocycles. The summed E-state index contributed by atoms with van der Waals surface area (Å²) in [6.45, 7) is 1.12. The van der Waals surface area contributed by atoms with Gasteiger partial charge in [0.25, 0.3) is 0 Å². The second-order valence-corrected chi connectivity index (χ2v) is 8.61. The minimum Gasteiger partial charge on any atom is -0.368 e. The molecule has 3 aromatic rings. The SMILES string of the molecule is O=CC12COC(O1)C(OCc1ccccc1)C(OCc1ccccc1)C2OCc1ccccc1. The van der Waals surface area contributed by atoms with Crippen LogP contribution in [0.3, 0.4) is 0 Å². The van der Waals surface area contributed by atoms with Crippen molar-refractivity contribution in [1.82, 2.24) is 0 Å². The molecule has 2 aliphatic rings. The van der Waals surface area contributed by atoms with Crippen molar-refractivity contribution >= 4 is 6.29 Å². The Bertz CT molecular complexity index is 1040. The number of ether oxygens (including phenoxy) is 5. The smallest absolute Gasteiger partial charge is 0.188 e. The summed E-state index contributed by atoms with van der Waals surface area (Å²) in [6, 6.07) is 29.6. The molecule has 3 aromatic carbocycles. The Hall–Kier alpha value is -2.87. The van der Waals surface area contributed by atoms with Crippen molar-refractivity contribution in [1.29, 1.82) is 0 Å². The van der Waals surface area contributed by atoms with Crippen molar-refractivity contribution in [3.8, 4) is 0 Å². The number of carbonyl (C=O) groups is 1. The Morgan fingerprint density at radius 3 is 1.68 bits per heavy atom. The van der Waals surface area contributed by atoms with E-state index in [2.05, 4.69) is 0 Å². The van der Waals surface area contributed by atoms with Gasteiger partial charge in [-0.05, 0) is 16.7 Å². The third-order valence-electron chi connectivity index (χ3n) is 6.22. The van der Waals surface area contributed by atoms with Crippen LogP contribution in [0.15, 0.2) is 91.0 Å². The van der Waals surface area contributed by atoms with E-state index in [0.29, 0.717) is 19.8 Å². The number of carbonyl (C=O) groups excluding carboxylic acids is 1. The van der Waals surface area contributed by atoms with E-state index in [0.717, 1.165) is 23.0 Å². The Morgan fingerprint density at radius 2 is 1.18 bits per heavy atom. The summed E-state index contributed by atoms with van der Waals surface area (Å²) < 4.78 is 31.0. The van der Waals surface area contributed by atoms with E-state index in [1.54, 1.807) is 0 Å². The molecule has 2 saturated heterocycles. The van der Waals surface area contributed by atoms with Gasteiger partial charge >= 0.3 is 0 Å². The summed E-state index contributed by atoms with van der Waals surface area (Å²) >= 11 is 0. The molecule has 5 rings (SSSR count). The number of aldehydes is 1. The lowest BCUT2D eigenvalue weighted by atomic mass is 9.89. The van der Waals surface area contributed by atoms with Crippen LogP contribution in [0.1, 0.15) is 16.7 Å². The first kappa shape index (κ1) is 22.9. The highest BCUT2D eigenvalue weighted by molar-refractivity contribution is 5.65. The van der Waals surface area contributed by atoms with E-state index in [9.17, 15) is 4.79 Å². The van der Waals surface area contributed by atoms with Crippen LogP contribution >= 0.6 is 0 Å². The molecule has 6 nitrogen and oxygen atoms in total. The molecule has 6 heteroatoms. The van der Waals surface area contributed by atoms with Gasteiger partial charge < -0.3 is 23.7 Å². The Kier molecular flexibility index (Phi) is 7.13. The summed E-state index contributed by atoms with van der Waals surface area (Å²) in [4.78, 5) is 12.3. The van der Waals surface area contributed by atoms with Gasteiger partial charge in [0.05, 0.1) is 26.4 Å². The van der Waals surface area contributed by atoms with Crippen LogP contribution in [0.5, 0.6) is 0 Å². The highest BCUT2D eigenvalue weighted by atomic mass is 16.8. The molecule has 0 N–H and O–H groups in total.